The highest BCUT2D eigenvalue weighted by atomic mass is 16.5. The molecule has 2 amide bonds. The number of hydrogen-bond acceptors (Lipinski definition) is 8. The van der Waals surface area contributed by atoms with E-state index in [2.05, 4.69) is 30.6 Å². The van der Waals surface area contributed by atoms with Crippen LogP contribution in [-0.2, 0) is 9.59 Å². The summed E-state index contributed by atoms with van der Waals surface area (Å²) in [4.78, 5) is 39.4. The van der Waals surface area contributed by atoms with Gasteiger partial charge in [0.25, 0.3) is 0 Å². The van der Waals surface area contributed by atoms with Gasteiger partial charge in [-0.1, -0.05) is 12.1 Å². The van der Waals surface area contributed by atoms with E-state index < -0.39 is 0 Å². The molecule has 2 aromatic heterocycles. The predicted octanol–water partition coefficient (Wildman–Crippen LogP) is 4.44. The SMILES string of the molecule is CC(=O)Nc1cccc(Oc2cnc(-c3ncc(Oc4cccc(NC(C)=O)c4)cn3)nc2)c1. The minimum absolute atomic E-state index is 0.167. The number of ether oxygens (including phenoxy) is 2. The van der Waals surface area contributed by atoms with E-state index in [1.807, 2.05) is 0 Å². The molecule has 0 aliphatic heterocycles. The summed E-state index contributed by atoms with van der Waals surface area (Å²) in [6.07, 6.45) is 6.03. The molecule has 0 saturated carbocycles. The number of anilines is 2. The maximum atomic E-state index is 11.2. The lowest BCUT2D eigenvalue weighted by atomic mass is 10.3. The van der Waals surface area contributed by atoms with Crippen molar-refractivity contribution < 1.29 is 19.1 Å². The molecule has 2 heterocycles. The first-order valence-electron chi connectivity index (χ1n) is 10.2. The van der Waals surface area contributed by atoms with Gasteiger partial charge in [-0.3, -0.25) is 9.59 Å². The molecule has 10 nitrogen and oxygen atoms in total. The second kappa shape index (κ2) is 10.2. The Kier molecular flexibility index (Phi) is 6.68. The Hall–Kier alpha value is -4.86. The summed E-state index contributed by atoms with van der Waals surface area (Å²) in [5, 5.41) is 5.40. The van der Waals surface area contributed by atoms with E-state index in [0.29, 0.717) is 46.0 Å². The van der Waals surface area contributed by atoms with Crippen molar-refractivity contribution in [1.29, 1.82) is 0 Å². The predicted molar refractivity (Wildman–Crippen MR) is 125 cm³/mol. The zero-order valence-electron chi connectivity index (χ0n) is 18.4. The van der Waals surface area contributed by atoms with Crippen molar-refractivity contribution in [3.8, 4) is 34.6 Å². The van der Waals surface area contributed by atoms with Gasteiger partial charge in [-0.05, 0) is 24.3 Å². The van der Waals surface area contributed by atoms with Crippen molar-refractivity contribution in [2.45, 2.75) is 13.8 Å². The number of hydrogen-bond donors (Lipinski definition) is 2. The summed E-state index contributed by atoms with van der Waals surface area (Å²) in [6, 6.07) is 14.0. The summed E-state index contributed by atoms with van der Waals surface area (Å²) in [7, 11) is 0. The fourth-order valence-corrected chi connectivity index (χ4v) is 2.92. The topological polar surface area (TPSA) is 128 Å². The van der Waals surface area contributed by atoms with Crippen molar-refractivity contribution in [1.82, 2.24) is 19.9 Å². The van der Waals surface area contributed by atoms with E-state index in [1.165, 1.54) is 38.6 Å². The van der Waals surface area contributed by atoms with E-state index >= 15 is 0 Å². The number of benzene rings is 2. The maximum absolute atomic E-state index is 11.2. The Balaban J connectivity index is 1.41. The number of aromatic nitrogens is 4. The largest absolute Gasteiger partial charge is 0.454 e. The molecule has 170 valence electrons. The molecule has 0 aliphatic rings. The average molecular weight is 456 g/mol. The summed E-state index contributed by atoms with van der Waals surface area (Å²) < 4.78 is 11.5. The van der Waals surface area contributed by atoms with Gasteiger partial charge in [0, 0.05) is 37.4 Å². The summed E-state index contributed by atoms with van der Waals surface area (Å²) >= 11 is 0. The van der Waals surface area contributed by atoms with Gasteiger partial charge in [-0.15, -0.1) is 0 Å². The lowest BCUT2D eigenvalue weighted by Crippen LogP contribution is -2.05. The van der Waals surface area contributed by atoms with Crippen LogP contribution in [0, 0.1) is 0 Å². The summed E-state index contributed by atoms with van der Waals surface area (Å²) in [6.45, 7) is 2.87. The van der Waals surface area contributed by atoms with Gasteiger partial charge in [0.1, 0.15) is 11.5 Å². The molecule has 34 heavy (non-hydrogen) atoms. The minimum Gasteiger partial charge on any atom is -0.454 e. The molecular formula is C24H20N6O4. The number of nitrogens with zero attached hydrogens (tertiary/aromatic N) is 4. The lowest BCUT2D eigenvalue weighted by Gasteiger charge is -2.08. The fraction of sp³-hybridized carbons (Fsp3) is 0.0833. The zero-order chi connectivity index (χ0) is 23.9. The molecule has 2 N–H and O–H groups in total. The van der Waals surface area contributed by atoms with Crippen LogP contribution in [-0.4, -0.2) is 31.8 Å². The molecule has 2 aromatic carbocycles. The van der Waals surface area contributed by atoms with Crippen LogP contribution in [0.1, 0.15) is 13.8 Å². The number of carbonyl (C=O) groups is 2. The molecule has 4 aromatic rings. The van der Waals surface area contributed by atoms with Crippen LogP contribution in [0.15, 0.2) is 73.3 Å². The Labute approximate surface area is 195 Å². The van der Waals surface area contributed by atoms with E-state index in [4.69, 9.17) is 9.47 Å². The van der Waals surface area contributed by atoms with Crippen molar-refractivity contribution in [3.05, 3.63) is 73.3 Å². The zero-order valence-corrected chi connectivity index (χ0v) is 18.4. The average Bonchev–Trinajstić information content (AvgIpc) is 2.80. The minimum atomic E-state index is -0.167. The van der Waals surface area contributed by atoms with Crippen molar-refractivity contribution >= 4 is 23.2 Å². The Bertz CT molecular complexity index is 1210. The van der Waals surface area contributed by atoms with Crippen LogP contribution in [0.4, 0.5) is 11.4 Å². The maximum Gasteiger partial charge on any atom is 0.221 e. The van der Waals surface area contributed by atoms with Crippen LogP contribution in [0.3, 0.4) is 0 Å². The molecule has 0 fully saturated rings. The number of carbonyl (C=O) groups excluding carboxylic acids is 2. The van der Waals surface area contributed by atoms with E-state index in [0.717, 1.165) is 0 Å². The third-order valence-corrected chi connectivity index (χ3v) is 4.24. The van der Waals surface area contributed by atoms with Crippen LogP contribution >= 0.6 is 0 Å². The van der Waals surface area contributed by atoms with E-state index in [-0.39, 0.29) is 11.8 Å². The molecule has 0 saturated heterocycles. The second-order valence-electron chi connectivity index (χ2n) is 7.11. The summed E-state index contributed by atoms with van der Waals surface area (Å²) in [5.41, 5.74) is 1.25. The first-order valence-corrected chi connectivity index (χ1v) is 10.2. The number of amides is 2. The van der Waals surface area contributed by atoms with E-state index in [9.17, 15) is 9.59 Å². The molecule has 10 heteroatoms. The standard InChI is InChI=1S/C24H20N6O4/c1-15(31)29-17-5-3-7-19(9-17)33-21-11-25-23(26-12-21)24-27-13-22(14-28-24)34-20-8-4-6-18(10-20)30-16(2)32/h3-14H,1-2H3,(H,29,31)(H,30,32). The molecule has 0 atom stereocenters. The molecular weight excluding hydrogens is 436 g/mol. The third-order valence-electron chi connectivity index (χ3n) is 4.24. The Morgan fingerprint density at radius 2 is 1.00 bits per heavy atom. The molecule has 0 spiro atoms. The van der Waals surface area contributed by atoms with Crippen LogP contribution < -0.4 is 20.1 Å². The van der Waals surface area contributed by atoms with Gasteiger partial charge < -0.3 is 20.1 Å². The third kappa shape index (κ3) is 6.10. The highest BCUT2D eigenvalue weighted by Crippen LogP contribution is 2.25. The van der Waals surface area contributed by atoms with Gasteiger partial charge in [0.15, 0.2) is 23.1 Å². The molecule has 0 bridgehead atoms. The van der Waals surface area contributed by atoms with Gasteiger partial charge in [0.05, 0.1) is 24.8 Å². The smallest absolute Gasteiger partial charge is 0.221 e. The second-order valence-corrected chi connectivity index (χ2v) is 7.11. The normalized spacial score (nSPS) is 10.3. The van der Waals surface area contributed by atoms with Crippen LogP contribution in [0.5, 0.6) is 23.0 Å². The molecule has 0 aliphatic carbocycles. The highest BCUT2D eigenvalue weighted by molar-refractivity contribution is 5.89. The van der Waals surface area contributed by atoms with Gasteiger partial charge in [0.2, 0.25) is 11.8 Å². The van der Waals surface area contributed by atoms with Crippen molar-refractivity contribution in [2.75, 3.05) is 10.6 Å². The van der Waals surface area contributed by atoms with Crippen LogP contribution in [0.2, 0.25) is 0 Å². The first-order chi connectivity index (χ1) is 16.4. The number of nitrogens with one attached hydrogen (secondary N) is 2. The summed E-state index contributed by atoms with van der Waals surface area (Å²) in [5.74, 6) is 2.20. The highest BCUT2D eigenvalue weighted by Gasteiger charge is 2.08. The number of rotatable bonds is 7. The van der Waals surface area contributed by atoms with Gasteiger partial charge in [-0.25, -0.2) is 19.9 Å². The first kappa shape index (κ1) is 22.3. The monoisotopic (exact) mass is 456 g/mol. The van der Waals surface area contributed by atoms with Gasteiger partial charge >= 0.3 is 0 Å². The fourth-order valence-electron chi connectivity index (χ4n) is 2.92. The Morgan fingerprint density at radius 1 is 0.618 bits per heavy atom. The van der Waals surface area contributed by atoms with Crippen LogP contribution in [0.25, 0.3) is 11.6 Å². The molecule has 0 radical (unpaired) electrons. The molecule has 4 rings (SSSR count). The quantitative estimate of drug-likeness (QED) is 0.418. The lowest BCUT2D eigenvalue weighted by molar-refractivity contribution is -0.115. The Morgan fingerprint density at radius 3 is 1.35 bits per heavy atom. The van der Waals surface area contributed by atoms with Gasteiger partial charge in [-0.2, -0.15) is 0 Å². The van der Waals surface area contributed by atoms with Crippen molar-refractivity contribution in [2.24, 2.45) is 0 Å². The molecule has 0 unspecified atom stereocenters. The van der Waals surface area contributed by atoms with Crippen molar-refractivity contribution in [3.63, 3.8) is 0 Å². The van der Waals surface area contributed by atoms with E-state index in [1.54, 1.807) is 48.5 Å².